The second kappa shape index (κ2) is 10.7. The van der Waals surface area contributed by atoms with Crippen LogP contribution in [0.4, 0.5) is 5.69 Å². The van der Waals surface area contributed by atoms with Gasteiger partial charge in [-0.3, -0.25) is 14.9 Å². The molecular formula is C21H30N2O5. The first-order chi connectivity index (χ1) is 13.5. The highest BCUT2D eigenvalue weighted by molar-refractivity contribution is 5.89. The van der Waals surface area contributed by atoms with Crippen molar-refractivity contribution >= 4 is 16.6 Å². The number of rotatable bonds is 12. The summed E-state index contributed by atoms with van der Waals surface area (Å²) in [5, 5.41) is 22.2. The Morgan fingerprint density at radius 2 is 1.75 bits per heavy atom. The molecule has 0 fully saturated rings. The number of pyridine rings is 1. The summed E-state index contributed by atoms with van der Waals surface area (Å²) in [6.07, 6.45) is 7.87. The van der Waals surface area contributed by atoms with Crippen LogP contribution in [-0.4, -0.2) is 21.2 Å². The normalized spacial score (nSPS) is 11.1. The fourth-order valence-corrected chi connectivity index (χ4v) is 3.28. The zero-order chi connectivity index (χ0) is 20.5. The molecule has 0 radical (unpaired) electrons. The molecule has 7 heteroatoms. The molecule has 154 valence electrons. The summed E-state index contributed by atoms with van der Waals surface area (Å²) in [6.45, 7) is 5.01. The molecule has 0 unspecified atom stereocenters. The average Bonchev–Trinajstić information content (AvgIpc) is 2.69. The molecule has 28 heavy (non-hydrogen) atoms. The minimum Gasteiger partial charge on any atom is -0.500 e. The van der Waals surface area contributed by atoms with Crippen molar-refractivity contribution in [3.05, 3.63) is 38.7 Å². The molecule has 0 atom stereocenters. The molecule has 0 aliphatic rings. The van der Waals surface area contributed by atoms with Crippen LogP contribution < -0.4 is 10.3 Å². The highest BCUT2D eigenvalue weighted by Gasteiger charge is 2.20. The summed E-state index contributed by atoms with van der Waals surface area (Å²) in [4.78, 5) is 23.5. The topological polar surface area (TPSA) is 94.6 Å². The molecule has 0 bridgehead atoms. The monoisotopic (exact) mass is 390 g/mol. The summed E-state index contributed by atoms with van der Waals surface area (Å²) >= 11 is 0. The fourth-order valence-electron chi connectivity index (χ4n) is 3.28. The van der Waals surface area contributed by atoms with E-state index in [1.165, 1.54) is 16.7 Å². The summed E-state index contributed by atoms with van der Waals surface area (Å²) in [7, 11) is 0. The number of aryl methyl sites for hydroxylation is 1. The van der Waals surface area contributed by atoms with E-state index in [2.05, 4.69) is 13.8 Å². The van der Waals surface area contributed by atoms with Crippen LogP contribution in [0.5, 0.6) is 11.5 Å². The Bertz CT molecular complexity index is 860. The van der Waals surface area contributed by atoms with Crippen molar-refractivity contribution in [2.75, 3.05) is 6.61 Å². The summed E-state index contributed by atoms with van der Waals surface area (Å²) < 4.78 is 7.17. The summed E-state index contributed by atoms with van der Waals surface area (Å²) in [6, 6.07) is 4.31. The van der Waals surface area contributed by atoms with Crippen molar-refractivity contribution in [1.82, 2.24) is 4.57 Å². The number of benzene rings is 1. The lowest BCUT2D eigenvalue weighted by Crippen LogP contribution is -2.21. The lowest BCUT2D eigenvalue weighted by Gasteiger charge is -2.16. The van der Waals surface area contributed by atoms with E-state index in [-0.39, 0.29) is 11.4 Å². The molecule has 0 aliphatic heterocycles. The Hall–Kier alpha value is -2.57. The summed E-state index contributed by atoms with van der Waals surface area (Å²) in [5.74, 6) is -0.302. The molecule has 1 heterocycles. The predicted molar refractivity (Wildman–Crippen MR) is 110 cm³/mol. The average molecular weight is 390 g/mol. The number of nitrogens with zero attached hydrogens (tertiary/aromatic N) is 2. The zero-order valence-electron chi connectivity index (χ0n) is 16.8. The first-order valence-corrected chi connectivity index (χ1v) is 10.2. The molecule has 0 spiro atoms. The highest BCUT2D eigenvalue weighted by Crippen LogP contribution is 2.34. The van der Waals surface area contributed by atoms with Gasteiger partial charge in [0.25, 0.3) is 11.2 Å². The van der Waals surface area contributed by atoms with Crippen LogP contribution in [0.2, 0.25) is 0 Å². The van der Waals surface area contributed by atoms with Crippen LogP contribution in [0.1, 0.15) is 65.2 Å². The third kappa shape index (κ3) is 5.24. The second-order valence-corrected chi connectivity index (χ2v) is 7.06. The maximum absolute atomic E-state index is 12.7. The van der Waals surface area contributed by atoms with Gasteiger partial charge in [-0.15, -0.1) is 0 Å². The quantitative estimate of drug-likeness (QED) is 0.307. The van der Waals surface area contributed by atoms with Gasteiger partial charge < -0.3 is 14.4 Å². The standard InChI is InChI=1S/C21H30N2O5/c1-3-5-7-9-13-22-18-15-16(23(26)27)11-12-17(18)20(19(24)21(22)25)28-14-10-8-6-4-2/h11-12,15,24H,3-10,13-14H2,1-2H3. The number of unbranched alkanes of at least 4 members (excludes halogenated alkanes) is 6. The van der Waals surface area contributed by atoms with Gasteiger partial charge in [0, 0.05) is 24.1 Å². The maximum Gasteiger partial charge on any atom is 0.297 e. The first-order valence-electron chi connectivity index (χ1n) is 10.2. The van der Waals surface area contributed by atoms with Crippen molar-refractivity contribution < 1.29 is 14.8 Å². The zero-order valence-corrected chi connectivity index (χ0v) is 16.8. The van der Waals surface area contributed by atoms with Crippen LogP contribution in [0.15, 0.2) is 23.0 Å². The number of hydrogen-bond acceptors (Lipinski definition) is 5. The molecule has 2 rings (SSSR count). The van der Waals surface area contributed by atoms with E-state index in [1.54, 1.807) is 6.07 Å². The minimum atomic E-state index is -0.562. The van der Waals surface area contributed by atoms with Gasteiger partial charge in [-0.05, 0) is 18.9 Å². The number of aromatic nitrogens is 1. The molecule has 1 aromatic carbocycles. The van der Waals surface area contributed by atoms with Gasteiger partial charge in [0.1, 0.15) is 0 Å². The molecule has 0 aliphatic carbocycles. The van der Waals surface area contributed by atoms with E-state index in [0.29, 0.717) is 24.1 Å². The third-order valence-electron chi connectivity index (χ3n) is 4.87. The van der Waals surface area contributed by atoms with Gasteiger partial charge in [-0.2, -0.15) is 0 Å². The Kier molecular flexibility index (Phi) is 8.29. The molecular weight excluding hydrogens is 360 g/mol. The Balaban J connectivity index is 2.42. The Morgan fingerprint density at radius 1 is 1.07 bits per heavy atom. The van der Waals surface area contributed by atoms with Crippen molar-refractivity contribution in [3.8, 4) is 11.5 Å². The maximum atomic E-state index is 12.7. The highest BCUT2D eigenvalue weighted by atomic mass is 16.6. The molecule has 0 amide bonds. The van der Waals surface area contributed by atoms with Gasteiger partial charge in [0.15, 0.2) is 5.75 Å². The predicted octanol–water partition coefficient (Wildman–Crippen LogP) is 5.15. The number of hydrogen-bond donors (Lipinski definition) is 1. The van der Waals surface area contributed by atoms with E-state index in [0.717, 1.165) is 51.4 Å². The van der Waals surface area contributed by atoms with Crippen LogP contribution >= 0.6 is 0 Å². The first kappa shape index (κ1) is 21.7. The van der Waals surface area contributed by atoms with Crippen LogP contribution in [0, 0.1) is 10.1 Å². The van der Waals surface area contributed by atoms with Gasteiger partial charge >= 0.3 is 0 Å². The van der Waals surface area contributed by atoms with Gasteiger partial charge in [-0.25, -0.2) is 0 Å². The van der Waals surface area contributed by atoms with E-state index in [9.17, 15) is 20.0 Å². The fraction of sp³-hybridized carbons (Fsp3) is 0.571. The van der Waals surface area contributed by atoms with Gasteiger partial charge in [0.05, 0.1) is 17.0 Å². The van der Waals surface area contributed by atoms with Crippen LogP contribution in [0.3, 0.4) is 0 Å². The van der Waals surface area contributed by atoms with E-state index in [4.69, 9.17) is 4.74 Å². The lowest BCUT2D eigenvalue weighted by molar-refractivity contribution is -0.384. The number of non-ortho nitro benzene ring substituents is 1. The van der Waals surface area contributed by atoms with Crippen molar-refractivity contribution in [2.24, 2.45) is 0 Å². The van der Waals surface area contributed by atoms with Gasteiger partial charge in [-0.1, -0.05) is 52.4 Å². The van der Waals surface area contributed by atoms with Crippen molar-refractivity contribution in [3.63, 3.8) is 0 Å². The lowest BCUT2D eigenvalue weighted by atomic mass is 10.1. The minimum absolute atomic E-state index is 0.0891. The number of aromatic hydroxyl groups is 1. The van der Waals surface area contributed by atoms with Crippen molar-refractivity contribution in [1.29, 1.82) is 0 Å². The number of fused-ring (bicyclic) bond motifs is 1. The van der Waals surface area contributed by atoms with Gasteiger partial charge in [0.2, 0.25) is 5.75 Å². The molecule has 7 nitrogen and oxygen atoms in total. The SMILES string of the molecule is CCCCCCOc1c(O)c(=O)n(CCCCCC)c2cc([N+](=O)[O-])ccc12. The summed E-state index contributed by atoms with van der Waals surface area (Å²) in [5.41, 5.74) is -0.223. The third-order valence-corrected chi connectivity index (χ3v) is 4.87. The largest absolute Gasteiger partial charge is 0.500 e. The smallest absolute Gasteiger partial charge is 0.297 e. The number of nitro groups is 1. The molecule has 0 saturated carbocycles. The molecule has 2 aromatic rings. The number of ether oxygens (including phenoxy) is 1. The molecule has 0 saturated heterocycles. The van der Waals surface area contributed by atoms with E-state index in [1.807, 2.05) is 0 Å². The van der Waals surface area contributed by atoms with E-state index >= 15 is 0 Å². The van der Waals surface area contributed by atoms with Crippen LogP contribution in [0.25, 0.3) is 10.9 Å². The molecule has 1 aromatic heterocycles. The van der Waals surface area contributed by atoms with Crippen LogP contribution in [-0.2, 0) is 6.54 Å². The second-order valence-electron chi connectivity index (χ2n) is 7.06. The van der Waals surface area contributed by atoms with E-state index < -0.39 is 16.2 Å². The molecule has 1 N–H and O–H groups in total. The Labute approximate surface area is 165 Å². The Morgan fingerprint density at radius 3 is 2.39 bits per heavy atom. The van der Waals surface area contributed by atoms with Crippen molar-refractivity contribution in [2.45, 2.75) is 71.8 Å². The number of nitro benzene ring substituents is 1.